The van der Waals surface area contributed by atoms with Gasteiger partial charge in [0.15, 0.2) is 0 Å². The topological polar surface area (TPSA) is 0 Å². The van der Waals surface area contributed by atoms with Crippen molar-refractivity contribution in [1.29, 1.82) is 0 Å². The van der Waals surface area contributed by atoms with E-state index in [-0.39, 0.29) is 0 Å². The molecule has 0 bridgehead atoms. The summed E-state index contributed by atoms with van der Waals surface area (Å²) in [5.74, 6) is 3.40. The highest BCUT2D eigenvalue weighted by molar-refractivity contribution is 4.98. The maximum absolute atomic E-state index is 2.49. The second-order valence-electron chi connectivity index (χ2n) is 7.17. The second-order valence-corrected chi connectivity index (χ2v) is 7.17. The van der Waals surface area contributed by atoms with Gasteiger partial charge in [-0.3, -0.25) is 0 Å². The summed E-state index contributed by atoms with van der Waals surface area (Å²) >= 11 is 0. The van der Waals surface area contributed by atoms with Crippen molar-refractivity contribution in [3.8, 4) is 0 Å². The molecule has 0 nitrogen and oxygen atoms in total. The summed E-state index contributed by atoms with van der Waals surface area (Å²) in [6.07, 6.45) is 18.6. The SMILES string of the molecule is CCC1(C2CCC3CCCCC32)CCCCC1. The molecule has 0 aromatic rings. The minimum absolute atomic E-state index is 0.787. The summed E-state index contributed by atoms with van der Waals surface area (Å²) in [6, 6.07) is 0. The Bertz CT molecular complexity index is 249. The van der Waals surface area contributed by atoms with Gasteiger partial charge in [0.25, 0.3) is 0 Å². The van der Waals surface area contributed by atoms with Crippen LogP contribution in [0.1, 0.15) is 84.0 Å². The molecule has 3 atom stereocenters. The summed E-state index contributed by atoms with van der Waals surface area (Å²) in [5, 5.41) is 0. The lowest BCUT2D eigenvalue weighted by Gasteiger charge is -2.46. The first-order valence-electron chi connectivity index (χ1n) is 8.36. The van der Waals surface area contributed by atoms with E-state index in [0.717, 1.165) is 23.2 Å². The van der Waals surface area contributed by atoms with Crippen LogP contribution in [0.25, 0.3) is 0 Å². The normalized spacial score (nSPS) is 41.1. The van der Waals surface area contributed by atoms with Crippen molar-refractivity contribution < 1.29 is 0 Å². The van der Waals surface area contributed by atoms with Crippen molar-refractivity contribution in [2.75, 3.05) is 0 Å². The fourth-order valence-corrected chi connectivity index (χ4v) is 5.73. The standard InChI is InChI=1S/C17H30/c1-2-17(12-6-3-7-13-17)16-11-10-14-8-4-5-9-15(14)16/h14-16H,2-13H2,1H3. The molecule has 0 aromatic heterocycles. The molecule has 3 rings (SSSR count). The molecule has 0 spiro atoms. The number of rotatable bonds is 2. The highest BCUT2D eigenvalue weighted by Gasteiger charge is 2.47. The molecule has 0 saturated heterocycles. The van der Waals surface area contributed by atoms with Gasteiger partial charge < -0.3 is 0 Å². The highest BCUT2D eigenvalue weighted by Crippen LogP contribution is 2.58. The third-order valence-electron chi connectivity index (χ3n) is 6.67. The van der Waals surface area contributed by atoms with Gasteiger partial charge in [0.2, 0.25) is 0 Å². The van der Waals surface area contributed by atoms with Crippen LogP contribution < -0.4 is 0 Å². The molecule has 3 fully saturated rings. The van der Waals surface area contributed by atoms with E-state index < -0.39 is 0 Å². The smallest absolute Gasteiger partial charge is 0.0269 e. The first kappa shape index (κ1) is 12.1. The molecule has 0 aliphatic heterocycles. The van der Waals surface area contributed by atoms with Crippen LogP contribution in [0.5, 0.6) is 0 Å². The second kappa shape index (κ2) is 4.94. The lowest BCUT2D eigenvalue weighted by molar-refractivity contribution is 0.0432. The van der Waals surface area contributed by atoms with Gasteiger partial charge >= 0.3 is 0 Å². The first-order valence-corrected chi connectivity index (χ1v) is 8.36. The minimum Gasteiger partial charge on any atom is -0.0648 e. The van der Waals surface area contributed by atoms with E-state index in [0.29, 0.717) is 0 Å². The Morgan fingerprint density at radius 1 is 0.824 bits per heavy atom. The molecule has 3 aliphatic carbocycles. The predicted molar refractivity (Wildman–Crippen MR) is 74.0 cm³/mol. The largest absolute Gasteiger partial charge is 0.0648 e. The summed E-state index contributed by atoms with van der Waals surface area (Å²) in [6.45, 7) is 2.49. The first-order chi connectivity index (χ1) is 8.36. The van der Waals surface area contributed by atoms with Crippen molar-refractivity contribution in [2.24, 2.45) is 23.2 Å². The quantitative estimate of drug-likeness (QED) is 0.586. The monoisotopic (exact) mass is 234 g/mol. The Kier molecular flexibility index (Phi) is 3.50. The summed E-state index contributed by atoms with van der Waals surface area (Å²) in [7, 11) is 0. The molecular weight excluding hydrogens is 204 g/mol. The molecule has 0 aromatic carbocycles. The summed E-state index contributed by atoms with van der Waals surface area (Å²) in [4.78, 5) is 0. The van der Waals surface area contributed by atoms with E-state index in [1.165, 1.54) is 38.5 Å². The number of hydrogen-bond donors (Lipinski definition) is 0. The van der Waals surface area contributed by atoms with Crippen LogP contribution in [0.4, 0.5) is 0 Å². The average Bonchev–Trinajstić information content (AvgIpc) is 2.84. The van der Waals surface area contributed by atoms with Crippen LogP contribution in [0.3, 0.4) is 0 Å². The zero-order chi connectivity index (χ0) is 11.7. The molecule has 0 heterocycles. The van der Waals surface area contributed by atoms with Crippen molar-refractivity contribution in [2.45, 2.75) is 84.0 Å². The van der Waals surface area contributed by atoms with Gasteiger partial charge in [-0.15, -0.1) is 0 Å². The molecule has 3 saturated carbocycles. The van der Waals surface area contributed by atoms with E-state index in [2.05, 4.69) is 6.92 Å². The van der Waals surface area contributed by atoms with Crippen LogP contribution in [-0.2, 0) is 0 Å². The minimum atomic E-state index is 0.787. The molecular formula is C17H30. The Labute approximate surface area is 108 Å². The Morgan fingerprint density at radius 3 is 2.35 bits per heavy atom. The third kappa shape index (κ3) is 2.06. The molecule has 17 heavy (non-hydrogen) atoms. The van der Waals surface area contributed by atoms with Crippen molar-refractivity contribution in [1.82, 2.24) is 0 Å². The van der Waals surface area contributed by atoms with E-state index in [1.54, 1.807) is 38.5 Å². The maximum atomic E-state index is 2.49. The molecule has 0 heteroatoms. The van der Waals surface area contributed by atoms with Crippen molar-refractivity contribution >= 4 is 0 Å². The van der Waals surface area contributed by atoms with Gasteiger partial charge in [-0.1, -0.05) is 51.9 Å². The van der Waals surface area contributed by atoms with E-state index in [1.807, 2.05) is 0 Å². The van der Waals surface area contributed by atoms with Crippen LogP contribution in [0, 0.1) is 23.2 Å². The van der Waals surface area contributed by atoms with E-state index >= 15 is 0 Å². The third-order valence-corrected chi connectivity index (χ3v) is 6.67. The fraction of sp³-hybridized carbons (Fsp3) is 1.00. The van der Waals surface area contributed by atoms with E-state index in [4.69, 9.17) is 0 Å². The van der Waals surface area contributed by atoms with Crippen LogP contribution in [0.2, 0.25) is 0 Å². The zero-order valence-corrected chi connectivity index (χ0v) is 11.7. The highest BCUT2D eigenvalue weighted by atomic mass is 14.5. The summed E-state index contributed by atoms with van der Waals surface area (Å²) < 4.78 is 0. The molecule has 3 unspecified atom stereocenters. The Hall–Kier alpha value is 0. The lowest BCUT2D eigenvalue weighted by atomic mass is 9.59. The zero-order valence-electron chi connectivity index (χ0n) is 11.7. The maximum Gasteiger partial charge on any atom is -0.0269 e. The van der Waals surface area contributed by atoms with Crippen molar-refractivity contribution in [3.05, 3.63) is 0 Å². The van der Waals surface area contributed by atoms with Gasteiger partial charge in [0.05, 0.1) is 0 Å². The predicted octanol–water partition coefficient (Wildman–Crippen LogP) is 5.56. The lowest BCUT2D eigenvalue weighted by Crippen LogP contribution is -2.36. The van der Waals surface area contributed by atoms with Gasteiger partial charge in [-0.05, 0) is 55.3 Å². The van der Waals surface area contributed by atoms with Crippen LogP contribution >= 0.6 is 0 Å². The molecule has 0 N–H and O–H groups in total. The van der Waals surface area contributed by atoms with Crippen LogP contribution in [-0.4, -0.2) is 0 Å². The van der Waals surface area contributed by atoms with Gasteiger partial charge in [0, 0.05) is 0 Å². The average molecular weight is 234 g/mol. The van der Waals surface area contributed by atoms with Gasteiger partial charge in [-0.2, -0.15) is 0 Å². The molecule has 0 amide bonds. The van der Waals surface area contributed by atoms with E-state index in [9.17, 15) is 0 Å². The summed E-state index contributed by atoms with van der Waals surface area (Å²) in [5.41, 5.74) is 0.787. The Morgan fingerprint density at radius 2 is 1.59 bits per heavy atom. The van der Waals surface area contributed by atoms with Gasteiger partial charge in [0.1, 0.15) is 0 Å². The van der Waals surface area contributed by atoms with Crippen LogP contribution in [0.15, 0.2) is 0 Å². The number of hydrogen-bond acceptors (Lipinski definition) is 0. The molecule has 98 valence electrons. The van der Waals surface area contributed by atoms with Gasteiger partial charge in [-0.25, -0.2) is 0 Å². The fourth-order valence-electron chi connectivity index (χ4n) is 5.73. The van der Waals surface area contributed by atoms with Crippen molar-refractivity contribution in [3.63, 3.8) is 0 Å². The molecule has 0 radical (unpaired) electrons. The number of fused-ring (bicyclic) bond motifs is 1. The Balaban J connectivity index is 1.77. The molecule has 3 aliphatic rings.